The first-order valence-electron chi connectivity index (χ1n) is 8.15. The Balaban J connectivity index is 0.00000576. The molecule has 0 atom stereocenters. The molecule has 0 aliphatic carbocycles. The van der Waals surface area contributed by atoms with Crippen LogP contribution in [0.1, 0.15) is 25.3 Å². The van der Waals surface area contributed by atoms with Crippen LogP contribution >= 0.6 is 39.9 Å². The molecule has 0 unspecified atom stereocenters. The van der Waals surface area contributed by atoms with Gasteiger partial charge >= 0.3 is 0 Å². The first kappa shape index (κ1) is 24.1. The van der Waals surface area contributed by atoms with Gasteiger partial charge in [-0.05, 0) is 44.0 Å². The lowest BCUT2D eigenvalue weighted by atomic mass is 10.2. The predicted molar refractivity (Wildman–Crippen MR) is 118 cm³/mol. The smallest absolute Gasteiger partial charge is 0.226 e. The molecule has 3 N–H and O–H groups in total. The molecule has 0 heterocycles. The Hall–Kier alpha value is -0.870. The molecule has 0 saturated carbocycles. The van der Waals surface area contributed by atoms with Crippen molar-refractivity contribution in [3.63, 3.8) is 0 Å². The Bertz CT molecular complexity index is 555. The quantitative estimate of drug-likeness (QED) is 0.200. The van der Waals surface area contributed by atoms with E-state index in [1.165, 1.54) is 0 Å². The van der Waals surface area contributed by atoms with Crippen molar-refractivity contribution in [3.8, 4) is 0 Å². The predicted octanol–water partition coefficient (Wildman–Crippen LogP) is 3.30. The van der Waals surface area contributed by atoms with E-state index in [0.717, 1.165) is 41.9 Å². The highest BCUT2D eigenvalue weighted by Crippen LogP contribution is 2.19. The number of hydrogen-bond donors (Lipinski definition) is 3. The molecule has 0 saturated heterocycles. The minimum atomic E-state index is -0.0280. The van der Waals surface area contributed by atoms with Gasteiger partial charge in [-0.15, -0.1) is 24.0 Å². The number of carbonyl (C=O) groups is 1. The number of aliphatic imine (C=N–C) groups is 1. The lowest BCUT2D eigenvalue weighted by Crippen LogP contribution is -2.39. The number of ether oxygens (including phenoxy) is 1. The number of nitrogens with zero attached hydrogens (tertiary/aromatic N) is 1. The Morgan fingerprint density at radius 1 is 1.28 bits per heavy atom. The molecule has 0 fully saturated rings. The molecule has 1 aromatic carbocycles. The molecular weight excluding hydrogens is 499 g/mol. The van der Waals surface area contributed by atoms with E-state index in [0.29, 0.717) is 18.9 Å². The second-order valence-corrected chi connectivity index (χ2v) is 6.15. The second kappa shape index (κ2) is 14.3. The number of amides is 1. The van der Waals surface area contributed by atoms with Crippen LogP contribution in [0.15, 0.2) is 27.7 Å². The number of guanidine groups is 1. The summed E-state index contributed by atoms with van der Waals surface area (Å²) in [6.07, 6.45) is 1.28. The maximum Gasteiger partial charge on any atom is 0.226 e. The number of rotatable bonds is 9. The van der Waals surface area contributed by atoms with Gasteiger partial charge in [0, 0.05) is 49.9 Å². The molecule has 6 nitrogen and oxygen atoms in total. The lowest BCUT2D eigenvalue weighted by Gasteiger charge is -2.12. The first-order valence-corrected chi connectivity index (χ1v) is 8.94. The Labute approximate surface area is 175 Å². The Morgan fingerprint density at radius 3 is 2.64 bits per heavy atom. The molecule has 0 bridgehead atoms. The van der Waals surface area contributed by atoms with E-state index < -0.39 is 0 Å². The molecule has 1 amide bonds. The number of anilines is 1. The molecule has 0 aliphatic rings. The van der Waals surface area contributed by atoms with Crippen LogP contribution in [0.5, 0.6) is 0 Å². The zero-order chi connectivity index (χ0) is 17.8. The van der Waals surface area contributed by atoms with Gasteiger partial charge < -0.3 is 20.7 Å². The third kappa shape index (κ3) is 10.7. The van der Waals surface area contributed by atoms with Crippen molar-refractivity contribution in [1.82, 2.24) is 10.6 Å². The molecule has 0 aliphatic heterocycles. The van der Waals surface area contributed by atoms with Gasteiger partial charge in [-0.25, -0.2) is 0 Å². The van der Waals surface area contributed by atoms with Gasteiger partial charge in [0.15, 0.2) is 5.96 Å². The molecule has 1 rings (SSSR count). The normalized spacial score (nSPS) is 10.8. The highest BCUT2D eigenvalue weighted by molar-refractivity contribution is 14.0. The van der Waals surface area contributed by atoms with Crippen molar-refractivity contribution in [2.45, 2.75) is 26.7 Å². The Kier molecular flexibility index (Phi) is 13.8. The maximum atomic E-state index is 12.0. The highest BCUT2D eigenvalue weighted by Gasteiger charge is 2.05. The van der Waals surface area contributed by atoms with Crippen LogP contribution in [0.2, 0.25) is 0 Å². The van der Waals surface area contributed by atoms with E-state index in [1.807, 2.05) is 32.0 Å². The number of benzene rings is 1. The minimum Gasteiger partial charge on any atom is -0.382 e. The molecule has 1 aromatic rings. The summed E-state index contributed by atoms with van der Waals surface area (Å²) in [5, 5.41) is 9.24. The zero-order valence-corrected chi connectivity index (χ0v) is 18.9. The van der Waals surface area contributed by atoms with Crippen molar-refractivity contribution in [2.24, 2.45) is 4.99 Å². The van der Waals surface area contributed by atoms with Gasteiger partial charge in [0.05, 0.1) is 0 Å². The molecule has 0 radical (unpaired) electrons. The summed E-state index contributed by atoms with van der Waals surface area (Å²) < 4.78 is 6.28. The lowest BCUT2D eigenvalue weighted by molar-refractivity contribution is -0.116. The first-order chi connectivity index (χ1) is 11.6. The van der Waals surface area contributed by atoms with Crippen molar-refractivity contribution in [3.05, 3.63) is 28.2 Å². The molecule has 142 valence electrons. The highest BCUT2D eigenvalue weighted by atomic mass is 127. The largest absolute Gasteiger partial charge is 0.382 e. The van der Waals surface area contributed by atoms with Crippen LogP contribution in [-0.4, -0.2) is 45.2 Å². The van der Waals surface area contributed by atoms with E-state index in [2.05, 4.69) is 36.9 Å². The van der Waals surface area contributed by atoms with E-state index in [9.17, 15) is 4.79 Å². The van der Waals surface area contributed by atoms with Gasteiger partial charge in [0.1, 0.15) is 0 Å². The molecule has 0 spiro atoms. The summed E-state index contributed by atoms with van der Waals surface area (Å²) in [6.45, 7) is 6.72. The van der Waals surface area contributed by atoms with Gasteiger partial charge in [0.2, 0.25) is 5.91 Å². The summed E-state index contributed by atoms with van der Waals surface area (Å²) in [5.74, 6) is 0.666. The fourth-order valence-electron chi connectivity index (χ4n) is 2.02. The van der Waals surface area contributed by atoms with Crippen molar-refractivity contribution in [1.29, 1.82) is 0 Å². The minimum absolute atomic E-state index is 0. The second-order valence-electron chi connectivity index (χ2n) is 5.23. The number of halogens is 2. The van der Waals surface area contributed by atoms with Gasteiger partial charge in [-0.2, -0.15) is 0 Å². The Morgan fingerprint density at radius 2 is 2.00 bits per heavy atom. The van der Waals surface area contributed by atoms with Crippen LogP contribution < -0.4 is 16.0 Å². The van der Waals surface area contributed by atoms with Crippen LogP contribution in [0.3, 0.4) is 0 Å². The molecule has 8 heteroatoms. The number of hydrogen-bond acceptors (Lipinski definition) is 3. The average Bonchev–Trinajstić information content (AvgIpc) is 2.55. The van der Waals surface area contributed by atoms with Crippen molar-refractivity contribution in [2.75, 3.05) is 38.7 Å². The van der Waals surface area contributed by atoms with Crippen LogP contribution in [0, 0.1) is 6.92 Å². The van der Waals surface area contributed by atoms with Gasteiger partial charge in [-0.1, -0.05) is 15.9 Å². The van der Waals surface area contributed by atoms with Crippen molar-refractivity contribution >= 4 is 57.5 Å². The fourth-order valence-corrected chi connectivity index (χ4v) is 2.50. The summed E-state index contributed by atoms with van der Waals surface area (Å²) in [5.41, 5.74) is 1.86. The SMILES string of the molecule is CCOCCCNC(=NC)NCCC(=O)Nc1ccc(Br)cc1C.I. The average molecular weight is 527 g/mol. The monoisotopic (exact) mass is 526 g/mol. The van der Waals surface area contributed by atoms with Crippen LogP contribution in [-0.2, 0) is 9.53 Å². The van der Waals surface area contributed by atoms with Gasteiger partial charge in [-0.3, -0.25) is 9.79 Å². The fraction of sp³-hybridized carbons (Fsp3) is 0.529. The van der Waals surface area contributed by atoms with E-state index in [4.69, 9.17) is 4.74 Å². The summed E-state index contributed by atoms with van der Waals surface area (Å²) in [4.78, 5) is 16.1. The van der Waals surface area contributed by atoms with Gasteiger partial charge in [0.25, 0.3) is 0 Å². The molecule has 25 heavy (non-hydrogen) atoms. The molecular formula is C17H28BrIN4O2. The van der Waals surface area contributed by atoms with Crippen LogP contribution in [0.25, 0.3) is 0 Å². The van der Waals surface area contributed by atoms with Crippen LogP contribution in [0.4, 0.5) is 5.69 Å². The van der Waals surface area contributed by atoms with Crippen molar-refractivity contribution < 1.29 is 9.53 Å². The number of nitrogens with one attached hydrogen (secondary N) is 3. The molecule has 0 aromatic heterocycles. The topological polar surface area (TPSA) is 74.8 Å². The summed E-state index contributed by atoms with van der Waals surface area (Å²) in [6, 6.07) is 5.78. The summed E-state index contributed by atoms with van der Waals surface area (Å²) >= 11 is 3.41. The number of aryl methyl sites for hydroxylation is 1. The third-order valence-electron chi connectivity index (χ3n) is 3.29. The standard InChI is InChI=1S/C17H27BrN4O2.HI/c1-4-24-11-5-9-20-17(19-3)21-10-8-16(23)22-15-7-6-14(18)12-13(15)2;/h6-7,12H,4-5,8-11H2,1-3H3,(H,22,23)(H2,19,20,21);1H. The van der Waals surface area contributed by atoms with E-state index in [1.54, 1.807) is 7.05 Å². The van der Waals surface area contributed by atoms with E-state index >= 15 is 0 Å². The van der Waals surface area contributed by atoms with E-state index in [-0.39, 0.29) is 29.9 Å². The third-order valence-corrected chi connectivity index (χ3v) is 3.79. The zero-order valence-electron chi connectivity index (χ0n) is 15.0. The summed E-state index contributed by atoms with van der Waals surface area (Å²) in [7, 11) is 1.71. The number of carbonyl (C=O) groups excluding carboxylic acids is 1. The maximum absolute atomic E-state index is 12.0.